The highest BCUT2D eigenvalue weighted by Gasteiger charge is 2.11. The predicted octanol–water partition coefficient (Wildman–Crippen LogP) is 4.04. The van der Waals surface area contributed by atoms with Gasteiger partial charge in [0.15, 0.2) is 5.78 Å². The van der Waals surface area contributed by atoms with E-state index in [0.717, 1.165) is 20.1 Å². The molecule has 6 heteroatoms. The van der Waals surface area contributed by atoms with Crippen molar-refractivity contribution >= 4 is 50.4 Å². The Labute approximate surface area is 122 Å². The Balaban J connectivity index is 1.80. The number of ketones is 1. The van der Waals surface area contributed by atoms with Crippen molar-refractivity contribution in [2.75, 3.05) is 5.75 Å². The summed E-state index contributed by atoms with van der Waals surface area (Å²) in [6.45, 7) is 2.05. The molecule has 0 spiro atoms. The molecule has 0 atom stereocenters. The van der Waals surface area contributed by atoms with Gasteiger partial charge in [-0.15, -0.1) is 22.7 Å². The first-order chi connectivity index (χ1) is 9.24. The van der Waals surface area contributed by atoms with Crippen molar-refractivity contribution in [3.05, 3.63) is 39.7 Å². The number of Topliss-reactive ketones (excluding diaryl/α,β-unsaturated/α-hetero) is 1. The number of carbonyl (C=O) groups is 1. The average molecular weight is 306 g/mol. The number of fused-ring (bicyclic) bond motifs is 1. The van der Waals surface area contributed by atoms with Crippen LogP contribution in [-0.2, 0) is 0 Å². The highest BCUT2D eigenvalue weighted by molar-refractivity contribution is 8.00. The Bertz CT molecular complexity index is 719. The van der Waals surface area contributed by atoms with Gasteiger partial charge < -0.3 is 0 Å². The molecule has 0 N–H and O–H groups in total. The van der Waals surface area contributed by atoms with Crippen LogP contribution in [0, 0.1) is 6.92 Å². The molecule has 19 heavy (non-hydrogen) atoms. The van der Waals surface area contributed by atoms with Crippen LogP contribution >= 0.6 is 34.4 Å². The van der Waals surface area contributed by atoms with E-state index < -0.39 is 0 Å². The number of aryl methyl sites for hydroxylation is 1. The maximum absolute atomic E-state index is 12.0. The first-order valence-electron chi connectivity index (χ1n) is 5.64. The Morgan fingerprint density at radius 2 is 2.32 bits per heavy atom. The van der Waals surface area contributed by atoms with Crippen LogP contribution in [0.5, 0.6) is 0 Å². The van der Waals surface area contributed by atoms with E-state index in [4.69, 9.17) is 0 Å². The molecule has 0 aliphatic carbocycles. The summed E-state index contributed by atoms with van der Waals surface area (Å²) in [4.78, 5) is 23.5. The van der Waals surface area contributed by atoms with Crippen LogP contribution in [0.1, 0.15) is 14.5 Å². The number of nitrogens with zero attached hydrogens (tertiary/aromatic N) is 2. The number of aromatic nitrogens is 2. The molecule has 0 aliphatic rings. The third-order valence-electron chi connectivity index (χ3n) is 2.55. The van der Waals surface area contributed by atoms with Crippen molar-refractivity contribution in [3.8, 4) is 0 Å². The highest BCUT2D eigenvalue weighted by Crippen LogP contribution is 2.30. The summed E-state index contributed by atoms with van der Waals surface area (Å²) in [7, 11) is 0. The van der Waals surface area contributed by atoms with Crippen molar-refractivity contribution in [3.63, 3.8) is 0 Å². The number of carbonyl (C=O) groups excluding carboxylic acids is 1. The average Bonchev–Trinajstić information content (AvgIpc) is 3.03. The SMILES string of the molecule is Cc1cc2c(SCC(=O)c3cccs3)ncnc2s1. The molecule has 3 aromatic heterocycles. The first kappa shape index (κ1) is 12.8. The number of hydrogen-bond acceptors (Lipinski definition) is 6. The number of hydrogen-bond donors (Lipinski definition) is 0. The van der Waals surface area contributed by atoms with Crippen LogP contribution in [-0.4, -0.2) is 21.5 Å². The van der Waals surface area contributed by atoms with Crippen molar-refractivity contribution in [1.29, 1.82) is 0 Å². The fourth-order valence-corrected chi connectivity index (χ4v) is 4.24. The molecule has 0 amide bonds. The molecule has 96 valence electrons. The Morgan fingerprint density at radius 3 is 3.11 bits per heavy atom. The molecule has 3 rings (SSSR count). The third-order valence-corrected chi connectivity index (χ3v) is 5.43. The van der Waals surface area contributed by atoms with Crippen LogP contribution in [0.4, 0.5) is 0 Å². The van der Waals surface area contributed by atoms with Crippen LogP contribution in [0.2, 0.25) is 0 Å². The minimum Gasteiger partial charge on any atom is -0.292 e. The summed E-state index contributed by atoms with van der Waals surface area (Å²) in [6, 6.07) is 5.84. The summed E-state index contributed by atoms with van der Waals surface area (Å²) < 4.78 is 0. The summed E-state index contributed by atoms with van der Waals surface area (Å²) in [5.74, 6) is 0.570. The van der Waals surface area contributed by atoms with Gasteiger partial charge in [0.2, 0.25) is 0 Å². The molecule has 3 aromatic rings. The lowest BCUT2D eigenvalue weighted by atomic mass is 10.4. The largest absolute Gasteiger partial charge is 0.292 e. The zero-order chi connectivity index (χ0) is 13.2. The molecule has 3 heterocycles. The lowest BCUT2D eigenvalue weighted by Crippen LogP contribution is -1.99. The fourth-order valence-electron chi connectivity index (χ4n) is 1.71. The summed E-state index contributed by atoms with van der Waals surface area (Å²) in [5.41, 5.74) is 0. The maximum Gasteiger partial charge on any atom is 0.183 e. The lowest BCUT2D eigenvalue weighted by Gasteiger charge is -2.00. The fraction of sp³-hybridized carbons (Fsp3) is 0.154. The highest BCUT2D eigenvalue weighted by atomic mass is 32.2. The van der Waals surface area contributed by atoms with Gasteiger partial charge in [-0.05, 0) is 24.4 Å². The second kappa shape index (κ2) is 5.40. The van der Waals surface area contributed by atoms with Crippen molar-refractivity contribution in [2.45, 2.75) is 11.9 Å². The maximum atomic E-state index is 12.0. The van der Waals surface area contributed by atoms with Crippen molar-refractivity contribution in [2.24, 2.45) is 0 Å². The number of thioether (sulfide) groups is 1. The van der Waals surface area contributed by atoms with Crippen molar-refractivity contribution in [1.82, 2.24) is 9.97 Å². The molecule has 0 bridgehead atoms. The topological polar surface area (TPSA) is 42.9 Å². The molecule has 3 nitrogen and oxygen atoms in total. The standard InChI is InChI=1S/C13H10N2OS3/c1-8-5-9-12(14-7-15-13(9)19-8)18-6-10(16)11-3-2-4-17-11/h2-5,7H,6H2,1H3. The molecule has 0 fully saturated rings. The van der Waals surface area contributed by atoms with Gasteiger partial charge in [0, 0.05) is 10.3 Å². The molecule has 0 radical (unpaired) electrons. The molecular weight excluding hydrogens is 296 g/mol. The molecule has 0 saturated heterocycles. The Morgan fingerprint density at radius 1 is 1.42 bits per heavy atom. The molecule has 0 aliphatic heterocycles. The van der Waals surface area contributed by atoms with E-state index in [1.165, 1.54) is 28.0 Å². The number of thiophene rings is 2. The van der Waals surface area contributed by atoms with E-state index in [1.54, 1.807) is 17.7 Å². The van der Waals surface area contributed by atoms with Crippen LogP contribution in [0.15, 0.2) is 34.9 Å². The first-order valence-corrected chi connectivity index (χ1v) is 8.33. The van der Waals surface area contributed by atoms with E-state index in [0.29, 0.717) is 5.75 Å². The summed E-state index contributed by atoms with van der Waals surface area (Å²) in [6.07, 6.45) is 1.57. The lowest BCUT2D eigenvalue weighted by molar-refractivity contribution is 0.102. The summed E-state index contributed by atoms with van der Waals surface area (Å²) in [5, 5.41) is 3.86. The molecule has 0 unspecified atom stereocenters. The normalized spacial score (nSPS) is 11.0. The van der Waals surface area contributed by atoms with Gasteiger partial charge >= 0.3 is 0 Å². The van der Waals surface area contributed by atoms with Crippen LogP contribution in [0.3, 0.4) is 0 Å². The van der Waals surface area contributed by atoms with E-state index in [-0.39, 0.29) is 5.78 Å². The van der Waals surface area contributed by atoms with Crippen molar-refractivity contribution < 1.29 is 4.79 Å². The molecular formula is C13H10N2OS3. The van der Waals surface area contributed by atoms with Gasteiger partial charge in [0.05, 0.1) is 10.6 Å². The predicted molar refractivity (Wildman–Crippen MR) is 81.5 cm³/mol. The summed E-state index contributed by atoms with van der Waals surface area (Å²) >= 11 is 4.61. The minimum atomic E-state index is 0.152. The quantitative estimate of drug-likeness (QED) is 0.414. The second-order valence-corrected chi connectivity index (χ2v) is 7.09. The van der Waals surface area contributed by atoms with E-state index >= 15 is 0 Å². The van der Waals surface area contributed by atoms with E-state index in [1.807, 2.05) is 17.5 Å². The third kappa shape index (κ3) is 2.70. The Hall–Kier alpha value is -1.24. The van der Waals surface area contributed by atoms with Crippen LogP contribution in [0.25, 0.3) is 10.2 Å². The zero-order valence-electron chi connectivity index (χ0n) is 10.1. The van der Waals surface area contributed by atoms with Gasteiger partial charge in [-0.2, -0.15) is 0 Å². The van der Waals surface area contributed by atoms with E-state index in [9.17, 15) is 4.79 Å². The second-order valence-electron chi connectivity index (χ2n) is 3.94. The van der Waals surface area contributed by atoms with Gasteiger partial charge in [-0.25, -0.2) is 9.97 Å². The van der Waals surface area contributed by atoms with Gasteiger partial charge in [0.1, 0.15) is 16.2 Å². The minimum absolute atomic E-state index is 0.152. The monoisotopic (exact) mass is 306 g/mol. The molecule has 0 saturated carbocycles. The van der Waals surface area contributed by atoms with Gasteiger partial charge in [0.25, 0.3) is 0 Å². The van der Waals surface area contributed by atoms with Gasteiger partial charge in [-0.3, -0.25) is 4.79 Å². The number of rotatable bonds is 4. The zero-order valence-corrected chi connectivity index (χ0v) is 12.6. The van der Waals surface area contributed by atoms with Crippen LogP contribution < -0.4 is 0 Å². The smallest absolute Gasteiger partial charge is 0.183 e. The van der Waals surface area contributed by atoms with E-state index in [2.05, 4.69) is 23.0 Å². The molecule has 0 aromatic carbocycles. The Kier molecular flexibility index (Phi) is 3.63. The van der Waals surface area contributed by atoms with Gasteiger partial charge in [-0.1, -0.05) is 17.8 Å².